The Bertz CT molecular complexity index is 491. The molecule has 1 fully saturated rings. The van der Waals surface area contributed by atoms with E-state index in [9.17, 15) is 0 Å². The standard InChI is InChI=1S/C17H29N3S/c1-13-9-14(11-19-16(2,3)4)10-18-15(13)20-7-8-21-17(5,6)12-20/h9-10,19H,7-8,11-12H2,1-6H3. The van der Waals surface area contributed by atoms with Gasteiger partial charge in [0.2, 0.25) is 0 Å². The van der Waals surface area contributed by atoms with E-state index in [0.29, 0.717) is 4.75 Å². The van der Waals surface area contributed by atoms with Crippen molar-refractivity contribution < 1.29 is 0 Å². The molecule has 1 aliphatic heterocycles. The van der Waals surface area contributed by atoms with E-state index in [1.807, 2.05) is 6.20 Å². The molecule has 0 spiro atoms. The Morgan fingerprint density at radius 1 is 1.38 bits per heavy atom. The van der Waals surface area contributed by atoms with Crippen molar-refractivity contribution in [1.29, 1.82) is 0 Å². The number of anilines is 1. The van der Waals surface area contributed by atoms with Crippen molar-refractivity contribution in [3.05, 3.63) is 23.4 Å². The van der Waals surface area contributed by atoms with Gasteiger partial charge in [0.05, 0.1) is 0 Å². The lowest BCUT2D eigenvalue weighted by Crippen LogP contribution is -2.43. The normalized spacial score (nSPS) is 18.9. The lowest BCUT2D eigenvalue weighted by Gasteiger charge is -2.38. The minimum absolute atomic E-state index is 0.140. The molecule has 0 amide bonds. The molecule has 1 saturated heterocycles. The maximum atomic E-state index is 4.74. The van der Waals surface area contributed by atoms with E-state index in [1.165, 1.54) is 16.9 Å². The summed E-state index contributed by atoms with van der Waals surface area (Å²) in [5.74, 6) is 2.34. The van der Waals surface area contributed by atoms with Crippen LogP contribution in [0.5, 0.6) is 0 Å². The number of hydrogen-bond acceptors (Lipinski definition) is 4. The molecule has 1 aliphatic rings. The van der Waals surface area contributed by atoms with Gasteiger partial charge in [-0.3, -0.25) is 0 Å². The highest BCUT2D eigenvalue weighted by atomic mass is 32.2. The van der Waals surface area contributed by atoms with Gasteiger partial charge in [0, 0.05) is 41.9 Å². The number of hydrogen-bond donors (Lipinski definition) is 1. The summed E-state index contributed by atoms with van der Waals surface area (Å²) in [7, 11) is 0. The molecule has 3 nitrogen and oxygen atoms in total. The summed E-state index contributed by atoms with van der Waals surface area (Å²) in [6.07, 6.45) is 2.02. The van der Waals surface area contributed by atoms with Crippen LogP contribution in [0.4, 0.5) is 5.82 Å². The SMILES string of the molecule is Cc1cc(CNC(C)(C)C)cnc1N1CCSC(C)(C)C1. The van der Waals surface area contributed by atoms with Crippen LogP contribution in [0.3, 0.4) is 0 Å². The Labute approximate surface area is 133 Å². The zero-order valence-electron chi connectivity index (χ0n) is 14.3. The second-order valence-electron chi connectivity index (χ2n) is 7.62. The number of nitrogens with one attached hydrogen (secondary N) is 1. The molecule has 0 saturated carbocycles. The molecule has 1 aromatic rings. The zero-order valence-corrected chi connectivity index (χ0v) is 15.1. The third-order valence-corrected chi connectivity index (χ3v) is 4.95. The van der Waals surface area contributed by atoms with Gasteiger partial charge in [-0.1, -0.05) is 0 Å². The van der Waals surface area contributed by atoms with Crippen LogP contribution in [-0.4, -0.2) is 34.1 Å². The molecule has 0 aromatic carbocycles. The topological polar surface area (TPSA) is 28.2 Å². The van der Waals surface area contributed by atoms with Gasteiger partial charge in [-0.15, -0.1) is 0 Å². The summed E-state index contributed by atoms with van der Waals surface area (Å²) in [6.45, 7) is 16.4. The van der Waals surface area contributed by atoms with Crippen LogP contribution in [0.25, 0.3) is 0 Å². The second kappa shape index (κ2) is 6.17. The van der Waals surface area contributed by atoms with Gasteiger partial charge in [-0.25, -0.2) is 4.98 Å². The molecule has 0 bridgehead atoms. The highest BCUT2D eigenvalue weighted by Gasteiger charge is 2.28. The molecule has 1 aromatic heterocycles. The van der Waals surface area contributed by atoms with Gasteiger partial charge in [-0.2, -0.15) is 11.8 Å². The second-order valence-corrected chi connectivity index (χ2v) is 9.42. The number of pyridine rings is 1. The molecule has 4 heteroatoms. The van der Waals surface area contributed by atoms with Crippen molar-refractivity contribution in [2.45, 2.75) is 58.4 Å². The van der Waals surface area contributed by atoms with E-state index in [4.69, 9.17) is 4.98 Å². The summed E-state index contributed by atoms with van der Waals surface area (Å²) >= 11 is 2.06. The fraction of sp³-hybridized carbons (Fsp3) is 0.706. The number of aryl methyl sites for hydroxylation is 1. The lowest BCUT2D eigenvalue weighted by molar-refractivity contribution is 0.424. The highest BCUT2D eigenvalue weighted by Crippen LogP contribution is 2.32. The first kappa shape index (κ1) is 16.6. The number of aromatic nitrogens is 1. The van der Waals surface area contributed by atoms with Gasteiger partial charge in [0.25, 0.3) is 0 Å². The van der Waals surface area contributed by atoms with Crippen LogP contribution in [0.1, 0.15) is 45.7 Å². The Morgan fingerprint density at radius 3 is 2.67 bits per heavy atom. The fourth-order valence-electron chi connectivity index (χ4n) is 2.62. The first-order valence-corrected chi connectivity index (χ1v) is 8.74. The first-order valence-electron chi connectivity index (χ1n) is 7.76. The van der Waals surface area contributed by atoms with Crippen LogP contribution < -0.4 is 10.2 Å². The fourth-order valence-corrected chi connectivity index (χ4v) is 3.73. The number of rotatable bonds is 3. The molecule has 2 heterocycles. The van der Waals surface area contributed by atoms with Gasteiger partial charge in [0.1, 0.15) is 5.82 Å². The van der Waals surface area contributed by atoms with Gasteiger partial charge in [0.15, 0.2) is 0 Å². The molecule has 21 heavy (non-hydrogen) atoms. The van der Waals surface area contributed by atoms with Crippen LogP contribution in [0, 0.1) is 6.92 Å². The Balaban J connectivity index is 2.09. The average molecular weight is 308 g/mol. The van der Waals surface area contributed by atoms with Crippen LogP contribution in [0.15, 0.2) is 12.3 Å². The third-order valence-electron chi connectivity index (χ3n) is 3.66. The van der Waals surface area contributed by atoms with Crippen molar-refractivity contribution in [2.24, 2.45) is 0 Å². The Hall–Kier alpha value is -0.740. The lowest BCUT2D eigenvalue weighted by atomic mass is 10.1. The quantitative estimate of drug-likeness (QED) is 0.923. The monoisotopic (exact) mass is 307 g/mol. The molecule has 0 unspecified atom stereocenters. The third kappa shape index (κ3) is 4.89. The summed E-state index contributed by atoms with van der Waals surface area (Å²) in [6, 6.07) is 2.27. The molecule has 0 aliphatic carbocycles. The van der Waals surface area contributed by atoms with Crippen molar-refractivity contribution >= 4 is 17.6 Å². The highest BCUT2D eigenvalue weighted by molar-refractivity contribution is 8.00. The van der Waals surface area contributed by atoms with Gasteiger partial charge in [-0.05, 0) is 58.7 Å². The number of nitrogens with zero attached hydrogens (tertiary/aromatic N) is 2. The molecule has 0 atom stereocenters. The molecular weight excluding hydrogens is 278 g/mol. The molecular formula is C17H29N3S. The summed E-state index contributed by atoms with van der Waals surface area (Å²) in [5.41, 5.74) is 2.68. The summed E-state index contributed by atoms with van der Waals surface area (Å²) < 4.78 is 0.318. The summed E-state index contributed by atoms with van der Waals surface area (Å²) in [5, 5.41) is 3.52. The molecule has 0 radical (unpaired) electrons. The zero-order chi connectivity index (χ0) is 15.7. The molecule has 118 valence electrons. The first-order chi connectivity index (χ1) is 9.66. The predicted molar refractivity (Wildman–Crippen MR) is 94.3 cm³/mol. The van der Waals surface area contributed by atoms with Crippen molar-refractivity contribution in [1.82, 2.24) is 10.3 Å². The average Bonchev–Trinajstić information content (AvgIpc) is 2.34. The maximum Gasteiger partial charge on any atom is 0.131 e. The van der Waals surface area contributed by atoms with Crippen LogP contribution >= 0.6 is 11.8 Å². The minimum atomic E-state index is 0.140. The van der Waals surface area contributed by atoms with Gasteiger partial charge >= 0.3 is 0 Å². The van der Waals surface area contributed by atoms with E-state index in [1.54, 1.807) is 0 Å². The van der Waals surface area contributed by atoms with E-state index in [2.05, 4.69) is 69.6 Å². The van der Waals surface area contributed by atoms with Crippen LogP contribution in [-0.2, 0) is 6.54 Å². The van der Waals surface area contributed by atoms with Crippen molar-refractivity contribution in [3.63, 3.8) is 0 Å². The maximum absolute atomic E-state index is 4.74. The molecule has 2 rings (SSSR count). The largest absolute Gasteiger partial charge is 0.354 e. The van der Waals surface area contributed by atoms with Gasteiger partial charge < -0.3 is 10.2 Å². The van der Waals surface area contributed by atoms with E-state index in [0.717, 1.165) is 25.5 Å². The Morgan fingerprint density at radius 2 is 2.10 bits per heavy atom. The van der Waals surface area contributed by atoms with E-state index >= 15 is 0 Å². The minimum Gasteiger partial charge on any atom is -0.354 e. The summed E-state index contributed by atoms with van der Waals surface area (Å²) in [4.78, 5) is 7.18. The predicted octanol–water partition coefficient (Wildman–Crippen LogP) is 3.61. The van der Waals surface area contributed by atoms with E-state index < -0.39 is 0 Å². The smallest absolute Gasteiger partial charge is 0.131 e. The van der Waals surface area contributed by atoms with Crippen molar-refractivity contribution in [3.8, 4) is 0 Å². The van der Waals surface area contributed by atoms with Crippen molar-refractivity contribution in [2.75, 3.05) is 23.7 Å². The number of thioether (sulfide) groups is 1. The Kier molecular flexibility index (Phi) is 4.89. The van der Waals surface area contributed by atoms with Crippen LogP contribution in [0.2, 0.25) is 0 Å². The molecule has 1 N–H and O–H groups in total. The van der Waals surface area contributed by atoms with E-state index in [-0.39, 0.29) is 5.54 Å².